The van der Waals surface area contributed by atoms with Crippen LogP contribution in [-0.2, 0) is 5.41 Å². The van der Waals surface area contributed by atoms with Gasteiger partial charge in [0.1, 0.15) is 0 Å². The van der Waals surface area contributed by atoms with Crippen LogP contribution in [0.5, 0.6) is 0 Å². The average Bonchev–Trinajstić information content (AvgIpc) is 3.44. The molecular weight excluding hydrogens is 676 g/mol. The molecule has 0 radical (unpaired) electrons. The molecule has 0 aromatic heterocycles. The molecule has 54 heavy (non-hydrogen) atoms. The first-order chi connectivity index (χ1) is 26.5. The average molecular weight is 713 g/mol. The van der Waals surface area contributed by atoms with Gasteiger partial charge < -0.3 is 9.80 Å². The van der Waals surface area contributed by atoms with Crippen LogP contribution in [0.15, 0.2) is 188 Å². The highest BCUT2D eigenvalue weighted by Crippen LogP contribution is 2.51. The van der Waals surface area contributed by atoms with E-state index in [1.807, 2.05) is 18.2 Å². The van der Waals surface area contributed by atoms with Gasteiger partial charge in [0.15, 0.2) is 0 Å². The number of hydrogen-bond donors (Lipinski definition) is 0. The van der Waals surface area contributed by atoms with E-state index in [-0.39, 0.29) is 5.41 Å². The van der Waals surface area contributed by atoms with Gasteiger partial charge in [-0.1, -0.05) is 141 Å². The molecule has 258 valence electrons. The van der Waals surface area contributed by atoms with Gasteiger partial charge in [0.2, 0.25) is 0 Å². The lowest BCUT2D eigenvalue weighted by atomic mass is 9.82. The van der Waals surface area contributed by atoms with Gasteiger partial charge in [-0.05, 0) is 127 Å². The summed E-state index contributed by atoms with van der Waals surface area (Å²) in [7, 11) is 0. The fourth-order valence-electron chi connectivity index (χ4n) is 8.74. The molecular formula is C51H37ClN2. The van der Waals surface area contributed by atoms with E-state index in [9.17, 15) is 0 Å². The molecule has 0 atom stereocenters. The van der Waals surface area contributed by atoms with E-state index < -0.39 is 0 Å². The Morgan fingerprint density at radius 1 is 0.333 bits per heavy atom. The number of halogens is 1. The third-order valence-corrected chi connectivity index (χ3v) is 11.5. The Hall–Kier alpha value is -6.35. The SMILES string of the molecule is CC1(C)c2ccccc2-c2cc(N(c3cccc(Cl)c3)c3cccc(N(c4ccccc4)c4ccc5c6ccccc6c6ccccc6c5c4)c3)ccc21. The Balaban J connectivity index is 1.17. The number of rotatable bonds is 6. The second-order valence-corrected chi connectivity index (χ2v) is 15.2. The van der Waals surface area contributed by atoms with Gasteiger partial charge in [0.05, 0.1) is 0 Å². The molecule has 1 aliphatic carbocycles. The summed E-state index contributed by atoms with van der Waals surface area (Å²) in [5.74, 6) is 0. The molecule has 3 heteroatoms. The lowest BCUT2D eigenvalue weighted by molar-refractivity contribution is 0.660. The smallest absolute Gasteiger partial charge is 0.0482 e. The molecule has 2 nitrogen and oxygen atoms in total. The topological polar surface area (TPSA) is 6.48 Å². The Morgan fingerprint density at radius 2 is 0.796 bits per heavy atom. The molecule has 0 bridgehead atoms. The minimum atomic E-state index is -0.0705. The number of benzene rings is 9. The lowest BCUT2D eigenvalue weighted by Gasteiger charge is -2.30. The van der Waals surface area contributed by atoms with Crippen LogP contribution in [0.1, 0.15) is 25.0 Å². The molecule has 0 heterocycles. The molecule has 0 aliphatic heterocycles. The molecule has 0 saturated heterocycles. The predicted octanol–water partition coefficient (Wildman–Crippen LogP) is 15.0. The highest BCUT2D eigenvalue weighted by molar-refractivity contribution is 6.31. The van der Waals surface area contributed by atoms with Crippen molar-refractivity contribution in [1.29, 1.82) is 0 Å². The molecule has 0 amide bonds. The Morgan fingerprint density at radius 3 is 1.48 bits per heavy atom. The van der Waals surface area contributed by atoms with E-state index in [2.05, 4.69) is 194 Å². The van der Waals surface area contributed by atoms with Gasteiger partial charge >= 0.3 is 0 Å². The number of nitrogens with zero attached hydrogens (tertiary/aromatic N) is 2. The highest BCUT2D eigenvalue weighted by atomic mass is 35.5. The Kier molecular flexibility index (Phi) is 7.57. The third kappa shape index (κ3) is 5.17. The third-order valence-electron chi connectivity index (χ3n) is 11.2. The van der Waals surface area contributed by atoms with E-state index >= 15 is 0 Å². The van der Waals surface area contributed by atoms with Crippen molar-refractivity contribution in [3.05, 3.63) is 204 Å². The number of anilines is 6. The van der Waals surface area contributed by atoms with Gasteiger partial charge in [0, 0.05) is 44.6 Å². The van der Waals surface area contributed by atoms with Crippen molar-refractivity contribution in [3.63, 3.8) is 0 Å². The highest BCUT2D eigenvalue weighted by Gasteiger charge is 2.35. The van der Waals surface area contributed by atoms with Crippen molar-refractivity contribution in [3.8, 4) is 11.1 Å². The summed E-state index contributed by atoms with van der Waals surface area (Å²) in [6.45, 7) is 4.65. The number of fused-ring (bicyclic) bond motifs is 9. The molecule has 9 aromatic carbocycles. The van der Waals surface area contributed by atoms with Gasteiger partial charge in [-0.25, -0.2) is 0 Å². The normalized spacial score (nSPS) is 12.9. The zero-order valence-electron chi connectivity index (χ0n) is 30.2. The fourth-order valence-corrected chi connectivity index (χ4v) is 8.92. The quantitative estimate of drug-likeness (QED) is 0.158. The van der Waals surface area contributed by atoms with Gasteiger partial charge in [-0.2, -0.15) is 0 Å². The van der Waals surface area contributed by atoms with Gasteiger partial charge in [0.25, 0.3) is 0 Å². The molecule has 0 fully saturated rings. The van der Waals surface area contributed by atoms with Crippen LogP contribution < -0.4 is 9.80 Å². The zero-order valence-corrected chi connectivity index (χ0v) is 30.9. The maximum atomic E-state index is 6.69. The summed E-state index contributed by atoms with van der Waals surface area (Å²) in [6.07, 6.45) is 0. The second-order valence-electron chi connectivity index (χ2n) is 14.7. The van der Waals surface area contributed by atoms with Crippen molar-refractivity contribution < 1.29 is 0 Å². The van der Waals surface area contributed by atoms with E-state index in [1.54, 1.807) is 0 Å². The summed E-state index contributed by atoms with van der Waals surface area (Å²) in [6, 6.07) is 67.8. The summed E-state index contributed by atoms with van der Waals surface area (Å²) < 4.78 is 0. The van der Waals surface area contributed by atoms with Crippen molar-refractivity contribution in [1.82, 2.24) is 0 Å². The van der Waals surface area contributed by atoms with E-state index in [4.69, 9.17) is 11.6 Å². The van der Waals surface area contributed by atoms with Gasteiger partial charge in [-0.3, -0.25) is 0 Å². The van der Waals surface area contributed by atoms with Crippen LogP contribution in [0.2, 0.25) is 5.02 Å². The first kappa shape index (κ1) is 32.3. The van der Waals surface area contributed by atoms with E-state index in [1.165, 1.54) is 54.6 Å². The zero-order chi connectivity index (χ0) is 36.4. The van der Waals surface area contributed by atoms with Crippen LogP contribution in [0, 0.1) is 0 Å². The molecule has 0 spiro atoms. The van der Waals surface area contributed by atoms with E-state index in [0.29, 0.717) is 5.02 Å². The second kappa shape index (κ2) is 12.7. The molecule has 0 unspecified atom stereocenters. The number of hydrogen-bond acceptors (Lipinski definition) is 2. The molecule has 10 rings (SSSR count). The lowest BCUT2D eigenvalue weighted by Crippen LogP contribution is -2.15. The monoisotopic (exact) mass is 712 g/mol. The largest absolute Gasteiger partial charge is 0.310 e. The maximum Gasteiger partial charge on any atom is 0.0482 e. The van der Waals surface area contributed by atoms with Gasteiger partial charge in [-0.15, -0.1) is 0 Å². The predicted molar refractivity (Wildman–Crippen MR) is 231 cm³/mol. The molecule has 0 N–H and O–H groups in total. The Bertz CT molecular complexity index is 2860. The standard InChI is InChI=1S/C51H37ClN2/c1-51(2)49-25-11-10-24-46(49)48-33-40(27-29-50(48)51)54(36-17-12-14-34(52)30-36)38-19-13-18-37(31-38)53(35-15-4-3-5-16-35)39-26-28-45-43-22-7-6-20-41(43)42-21-8-9-23-44(42)47(45)32-39/h3-33H,1-2H3. The van der Waals surface area contributed by atoms with Crippen molar-refractivity contribution in [2.24, 2.45) is 0 Å². The number of para-hydroxylation sites is 1. The summed E-state index contributed by atoms with van der Waals surface area (Å²) >= 11 is 6.69. The van der Waals surface area contributed by atoms with Crippen molar-refractivity contribution >= 4 is 78.0 Å². The first-order valence-corrected chi connectivity index (χ1v) is 18.9. The van der Waals surface area contributed by atoms with Crippen LogP contribution in [-0.4, -0.2) is 0 Å². The van der Waals surface area contributed by atoms with Crippen LogP contribution >= 0.6 is 11.6 Å². The summed E-state index contributed by atoms with van der Waals surface area (Å²) in [5, 5.41) is 8.25. The maximum absolute atomic E-state index is 6.69. The molecule has 9 aromatic rings. The fraction of sp³-hybridized carbons (Fsp3) is 0.0588. The van der Waals surface area contributed by atoms with Crippen LogP contribution in [0.3, 0.4) is 0 Å². The van der Waals surface area contributed by atoms with Crippen LogP contribution in [0.4, 0.5) is 34.1 Å². The summed E-state index contributed by atoms with van der Waals surface area (Å²) in [4.78, 5) is 4.69. The minimum Gasteiger partial charge on any atom is -0.310 e. The Labute approximate surface area is 321 Å². The molecule has 1 aliphatic rings. The minimum absolute atomic E-state index is 0.0705. The van der Waals surface area contributed by atoms with Crippen LogP contribution in [0.25, 0.3) is 43.4 Å². The molecule has 0 saturated carbocycles. The van der Waals surface area contributed by atoms with Crippen molar-refractivity contribution in [2.75, 3.05) is 9.80 Å². The first-order valence-electron chi connectivity index (χ1n) is 18.5. The summed E-state index contributed by atoms with van der Waals surface area (Å²) in [5.41, 5.74) is 11.6. The van der Waals surface area contributed by atoms with E-state index in [0.717, 1.165) is 34.1 Å². The van der Waals surface area contributed by atoms with Crippen molar-refractivity contribution in [2.45, 2.75) is 19.3 Å².